The molecule has 1 unspecified atom stereocenters. The fourth-order valence-electron chi connectivity index (χ4n) is 2.26. The van der Waals surface area contributed by atoms with Gasteiger partial charge in [0, 0.05) is 30.2 Å². The maximum absolute atomic E-state index is 12.0. The van der Waals surface area contributed by atoms with E-state index in [4.69, 9.17) is 0 Å². The molecule has 0 N–H and O–H groups in total. The summed E-state index contributed by atoms with van der Waals surface area (Å²) < 4.78 is 0. The second-order valence-corrected chi connectivity index (χ2v) is 6.42. The Kier molecular flexibility index (Phi) is 5.08. The van der Waals surface area contributed by atoms with Gasteiger partial charge in [-0.3, -0.25) is 4.79 Å². The molecule has 0 aliphatic carbocycles. The Morgan fingerprint density at radius 1 is 1.26 bits per heavy atom. The minimum absolute atomic E-state index is 0.161. The molecule has 0 saturated carbocycles. The van der Waals surface area contributed by atoms with Gasteiger partial charge in [-0.15, -0.1) is 0 Å². The summed E-state index contributed by atoms with van der Waals surface area (Å²) in [4.78, 5) is 14.0. The SMILES string of the molecule is CC(C)=CC(=O)N1CCSC(c2ccccc2)CC1. The molecule has 0 aromatic heterocycles. The van der Waals surface area contributed by atoms with Crippen LogP contribution in [0.3, 0.4) is 0 Å². The molecule has 0 spiro atoms. The molecule has 1 saturated heterocycles. The van der Waals surface area contributed by atoms with Crippen LogP contribution in [0.4, 0.5) is 0 Å². The zero-order valence-electron chi connectivity index (χ0n) is 11.6. The zero-order valence-corrected chi connectivity index (χ0v) is 12.5. The molecule has 19 heavy (non-hydrogen) atoms. The van der Waals surface area contributed by atoms with Crippen molar-refractivity contribution in [2.24, 2.45) is 0 Å². The Balaban J connectivity index is 1.99. The highest BCUT2D eigenvalue weighted by atomic mass is 32.2. The third-order valence-electron chi connectivity index (χ3n) is 3.24. The van der Waals surface area contributed by atoms with Crippen molar-refractivity contribution in [2.45, 2.75) is 25.5 Å². The summed E-state index contributed by atoms with van der Waals surface area (Å²) in [6, 6.07) is 10.6. The Morgan fingerprint density at radius 2 is 2.00 bits per heavy atom. The van der Waals surface area contributed by atoms with Crippen LogP contribution >= 0.6 is 11.8 Å². The van der Waals surface area contributed by atoms with Crippen molar-refractivity contribution in [2.75, 3.05) is 18.8 Å². The minimum Gasteiger partial charge on any atom is -0.338 e. The van der Waals surface area contributed by atoms with Gasteiger partial charge in [0.1, 0.15) is 0 Å². The average molecular weight is 275 g/mol. The van der Waals surface area contributed by atoms with Crippen LogP contribution < -0.4 is 0 Å². The van der Waals surface area contributed by atoms with E-state index in [1.54, 1.807) is 6.08 Å². The number of hydrogen-bond acceptors (Lipinski definition) is 2. The van der Waals surface area contributed by atoms with Gasteiger partial charge >= 0.3 is 0 Å². The van der Waals surface area contributed by atoms with Crippen LogP contribution in [0, 0.1) is 0 Å². The lowest BCUT2D eigenvalue weighted by molar-refractivity contribution is -0.125. The van der Waals surface area contributed by atoms with E-state index in [1.807, 2.05) is 30.5 Å². The third-order valence-corrected chi connectivity index (χ3v) is 4.57. The number of amides is 1. The lowest BCUT2D eigenvalue weighted by Crippen LogP contribution is -2.31. The topological polar surface area (TPSA) is 20.3 Å². The van der Waals surface area contributed by atoms with Crippen LogP contribution in [0.25, 0.3) is 0 Å². The number of carbonyl (C=O) groups excluding carboxylic acids is 1. The molecule has 1 fully saturated rings. The normalized spacial score (nSPS) is 19.7. The maximum Gasteiger partial charge on any atom is 0.246 e. The lowest BCUT2D eigenvalue weighted by atomic mass is 10.1. The Hall–Kier alpha value is -1.22. The van der Waals surface area contributed by atoms with Gasteiger partial charge in [0.25, 0.3) is 0 Å². The van der Waals surface area contributed by atoms with Crippen LogP contribution in [0.15, 0.2) is 42.0 Å². The summed E-state index contributed by atoms with van der Waals surface area (Å²) >= 11 is 1.96. The molecule has 1 aromatic carbocycles. The largest absolute Gasteiger partial charge is 0.338 e. The summed E-state index contributed by atoms with van der Waals surface area (Å²) in [6.45, 7) is 5.65. The second-order valence-electron chi connectivity index (χ2n) is 5.11. The Bertz CT molecular complexity index is 451. The Labute approximate surface area is 119 Å². The number of rotatable bonds is 2. The molecule has 1 aliphatic heterocycles. The monoisotopic (exact) mass is 275 g/mol. The predicted octanol–water partition coefficient (Wildman–Crippen LogP) is 3.66. The molecule has 1 aliphatic rings. The number of benzene rings is 1. The minimum atomic E-state index is 0.161. The molecule has 2 rings (SSSR count). The van der Waals surface area contributed by atoms with Gasteiger partial charge in [-0.2, -0.15) is 11.8 Å². The van der Waals surface area contributed by atoms with Crippen LogP contribution in [0.2, 0.25) is 0 Å². The molecule has 0 bridgehead atoms. The fourth-order valence-corrected chi connectivity index (χ4v) is 3.49. The van der Waals surface area contributed by atoms with Crippen molar-refractivity contribution in [3.8, 4) is 0 Å². The summed E-state index contributed by atoms with van der Waals surface area (Å²) in [5, 5.41) is 0.519. The van der Waals surface area contributed by atoms with E-state index in [-0.39, 0.29) is 5.91 Å². The first-order valence-corrected chi connectivity index (χ1v) is 7.82. The van der Waals surface area contributed by atoms with E-state index < -0.39 is 0 Å². The van der Waals surface area contributed by atoms with Crippen molar-refractivity contribution in [3.63, 3.8) is 0 Å². The highest BCUT2D eigenvalue weighted by Gasteiger charge is 2.20. The number of carbonyl (C=O) groups is 1. The second kappa shape index (κ2) is 6.80. The highest BCUT2D eigenvalue weighted by molar-refractivity contribution is 7.99. The van der Waals surface area contributed by atoms with Crippen molar-refractivity contribution in [1.29, 1.82) is 0 Å². The molecule has 102 valence electrons. The zero-order chi connectivity index (χ0) is 13.7. The average Bonchev–Trinajstić information content (AvgIpc) is 2.64. The van der Waals surface area contributed by atoms with E-state index in [0.29, 0.717) is 5.25 Å². The van der Waals surface area contributed by atoms with E-state index in [0.717, 1.165) is 30.8 Å². The fraction of sp³-hybridized carbons (Fsp3) is 0.438. The Morgan fingerprint density at radius 3 is 2.68 bits per heavy atom. The van der Waals surface area contributed by atoms with E-state index in [9.17, 15) is 4.79 Å². The number of hydrogen-bond donors (Lipinski definition) is 0. The van der Waals surface area contributed by atoms with Crippen molar-refractivity contribution >= 4 is 17.7 Å². The first-order chi connectivity index (χ1) is 9.16. The van der Waals surface area contributed by atoms with E-state index in [2.05, 4.69) is 30.3 Å². The van der Waals surface area contributed by atoms with Crippen molar-refractivity contribution < 1.29 is 4.79 Å². The molecular weight excluding hydrogens is 254 g/mol. The molecule has 0 radical (unpaired) electrons. The van der Waals surface area contributed by atoms with Gasteiger partial charge in [0.2, 0.25) is 5.91 Å². The maximum atomic E-state index is 12.0. The first kappa shape index (κ1) is 14.2. The quantitative estimate of drug-likeness (QED) is 0.768. The summed E-state index contributed by atoms with van der Waals surface area (Å²) in [7, 11) is 0. The van der Waals surface area contributed by atoms with Crippen molar-refractivity contribution in [3.05, 3.63) is 47.5 Å². The van der Waals surface area contributed by atoms with Gasteiger partial charge in [0.05, 0.1) is 0 Å². The first-order valence-electron chi connectivity index (χ1n) is 6.77. The van der Waals surface area contributed by atoms with Gasteiger partial charge in [-0.25, -0.2) is 0 Å². The van der Waals surface area contributed by atoms with Gasteiger partial charge < -0.3 is 4.90 Å². The summed E-state index contributed by atoms with van der Waals surface area (Å²) in [5.41, 5.74) is 2.45. The van der Waals surface area contributed by atoms with Crippen LogP contribution in [0.5, 0.6) is 0 Å². The molecule has 2 nitrogen and oxygen atoms in total. The molecule has 3 heteroatoms. The van der Waals surface area contributed by atoms with E-state index >= 15 is 0 Å². The smallest absolute Gasteiger partial charge is 0.246 e. The molecule has 1 aromatic rings. The predicted molar refractivity (Wildman–Crippen MR) is 82.3 cm³/mol. The van der Waals surface area contributed by atoms with E-state index in [1.165, 1.54) is 5.56 Å². The standard InChI is InChI=1S/C16H21NOS/c1-13(2)12-16(18)17-9-8-15(19-11-10-17)14-6-4-3-5-7-14/h3-7,12,15H,8-11H2,1-2H3. The third kappa shape index (κ3) is 4.13. The molecule has 1 heterocycles. The summed E-state index contributed by atoms with van der Waals surface area (Å²) in [6.07, 6.45) is 2.78. The molecule has 1 amide bonds. The number of allylic oxidation sites excluding steroid dienone is 1. The molecular formula is C16H21NOS. The van der Waals surface area contributed by atoms with Crippen LogP contribution in [0.1, 0.15) is 31.1 Å². The van der Waals surface area contributed by atoms with Gasteiger partial charge in [0.15, 0.2) is 0 Å². The summed E-state index contributed by atoms with van der Waals surface area (Å²) in [5.74, 6) is 1.18. The van der Waals surface area contributed by atoms with Gasteiger partial charge in [-0.1, -0.05) is 35.9 Å². The molecule has 1 atom stereocenters. The number of nitrogens with zero attached hydrogens (tertiary/aromatic N) is 1. The van der Waals surface area contributed by atoms with Crippen LogP contribution in [-0.2, 0) is 4.79 Å². The highest BCUT2D eigenvalue weighted by Crippen LogP contribution is 2.34. The van der Waals surface area contributed by atoms with Crippen LogP contribution in [-0.4, -0.2) is 29.6 Å². The van der Waals surface area contributed by atoms with Crippen molar-refractivity contribution in [1.82, 2.24) is 4.90 Å². The number of thioether (sulfide) groups is 1. The lowest BCUT2D eigenvalue weighted by Gasteiger charge is -2.18. The van der Waals surface area contributed by atoms with Gasteiger partial charge in [-0.05, 0) is 25.8 Å².